The summed E-state index contributed by atoms with van der Waals surface area (Å²) >= 11 is 0. The average Bonchev–Trinajstić information content (AvgIpc) is 3.48. The lowest BCUT2D eigenvalue weighted by Crippen LogP contribution is -2.28. The van der Waals surface area contributed by atoms with Gasteiger partial charge in [0.25, 0.3) is 0 Å². The molecule has 0 spiro atoms. The largest absolute Gasteiger partial charge is 0.401 e. The quantitative estimate of drug-likeness (QED) is 0.173. The van der Waals surface area contributed by atoms with Crippen LogP contribution in [-0.2, 0) is 28.1 Å². The van der Waals surface area contributed by atoms with Crippen molar-refractivity contribution in [2.75, 3.05) is 11.9 Å². The zero-order valence-electron chi connectivity index (χ0n) is 22.9. The van der Waals surface area contributed by atoms with Crippen LogP contribution < -0.4 is 5.32 Å². The molecule has 1 saturated carbocycles. The molecule has 0 aliphatic heterocycles. The van der Waals surface area contributed by atoms with Gasteiger partial charge in [-0.3, -0.25) is 9.36 Å². The third-order valence-corrected chi connectivity index (χ3v) is 8.89. The van der Waals surface area contributed by atoms with E-state index in [1.165, 1.54) is 0 Å². The molecule has 3 heterocycles. The lowest BCUT2D eigenvalue weighted by Gasteiger charge is -2.15. The Morgan fingerprint density at radius 1 is 1.15 bits per heavy atom. The van der Waals surface area contributed by atoms with E-state index in [1.54, 1.807) is 6.20 Å². The van der Waals surface area contributed by atoms with Gasteiger partial charge in [0.15, 0.2) is 17.2 Å². The zero-order chi connectivity index (χ0) is 28.7. The Bertz CT molecular complexity index is 1520. The number of benzene rings is 1. The Balaban J connectivity index is 1.20. The van der Waals surface area contributed by atoms with Crippen LogP contribution in [0.1, 0.15) is 30.0 Å². The van der Waals surface area contributed by atoms with Gasteiger partial charge in [0, 0.05) is 32.5 Å². The number of pyridine rings is 1. The maximum absolute atomic E-state index is 13.3. The molecule has 1 aliphatic carbocycles. The fourth-order valence-corrected chi connectivity index (χ4v) is 5.27. The number of nitrogens with zero attached hydrogens (tertiary/aromatic N) is 4. The maximum Gasteiger partial charge on any atom is 0.401 e. The van der Waals surface area contributed by atoms with Crippen molar-refractivity contribution in [2.24, 2.45) is 0 Å². The van der Waals surface area contributed by atoms with Crippen LogP contribution >= 0.6 is 0 Å². The summed E-state index contributed by atoms with van der Waals surface area (Å²) < 4.78 is 52.7. The highest BCUT2D eigenvalue weighted by Crippen LogP contribution is 2.59. The van der Waals surface area contributed by atoms with Gasteiger partial charge in [-0.25, -0.2) is 9.97 Å². The van der Waals surface area contributed by atoms with Gasteiger partial charge in [0.05, 0.1) is 6.42 Å². The molecule has 0 bridgehead atoms. The first kappa shape index (κ1) is 28.0. The minimum Gasteiger partial charge on any atom is -0.361 e. The Morgan fingerprint density at radius 2 is 1.88 bits per heavy atom. The summed E-state index contributed by atoms with van der Waals surface area (Å²) in [5.74, 6) is 0.141. The van der Waals surface area contributed by atoms with Gasteiger partial charge >= 0.3 is 6.18 Å². The number of imidazole rings is 1. The molecule has 212 valence electrons. The summed E-state index contributed by atoms with van der Waals surface area (Å²) in [5, 5.41) is 6.13. The van der Waals surface area contributed by atoms with Crippen molar-refractivity contribution < 1.29 is 27.2 Å². The van der Waals surface area contributed by atoms with Crippen LogP contribution in [0.25, 0.3) is 22.3 Å². The van der Waals surface area contributed by atoms with Crippen LogP contribution in [0.3, 0.4) is 0 Å². The number of carbonyl (C=O) groups is 1. The Hall–Kier alpha value is -3.51. The topological polar surface area (TPSA) is 95.1 Å². The molecule has 0 saturated heterocycles. The summed E-state index contributed by atoms with van der Waals surface area (Å²) in [4.78, 5) is 21.8. The average molecular weight is 572 g/mol. The first-order valence-electron chi connectivity index (χ1n) is 13.2. The molecular weight excluding hydrogens is 539 g/mol. The summed E-state index contributed by atoms with van der Waals surface area (Å²) in [6, 6.07) is 11.7. The fraction of sp³-hybridized carbons (Fsp3) is 0.429. The van der Waals surface area contributed by atoms with E-state index >= 15 is 0 Å². The van der Waals surface area contributed by atoms with Crippen LogP contribution in [0.5, 0.6) is 0 Å². The molecule has 1 amide bonds. The molecule has 0 unspecified atom stereocenters. The zero-order valence-corrected chi connectivity index (χ0v) is 23.9. The Labute approximate surface area is 230 Å². The van der Waals surface area contributed by atoms with Gasteiger partial charge in [0.1, 0.15) is 23.5 Å². The number of carbonyl (C=O) groups excluding carboxylic acids is 1. The van der Waals surface area contributed by atoms with Gasteiger partial charge in [-0.2, -0.15) is 13.2 Å². The molecule has 8 nitrogen and oxygen atoms in total. The minimum absolute atomic E-state index is 0.0253. The van der Waals surface area contributed by atoms with Crippen LogP contribution in [0, 0.1) is 6.92 Å². The first-order chi connectivity index (χ1) is 18.8. The van der Waals surface area contributed by atoms with Gasteiger partial charge in [-0.05, 0) is 43.0 Å². The van der Waals surface area contributed by atoms with Gasteiger partial charge < -0.3 is 14.6 Å². The van der Waals surface area contributed by atoms with Crippen LogP contribution in [-0.4, -0.2) is 46.5 Å². The van der Waals surface area contributed by atoms with Crippen LogP contribution in [0.4, 0.5) is 19.0 Å². The predicted molar refractivity (Wildman–Crippen MR) is 148 cm³/mol. The van der Waals surface area contributed by atoms with Gasteiger partial charge in [-0.1, -0.05) is 49.1 Å². The molecule has 5 rings (SSSR count). The molecule has 3 aromatic heterocycles. The number of hydrogen-bond acceptors (Lipinski definition) is 6. The molecule has 1 aromatic carbocycles. The van der Waals surface area contributed by atoms with Crippen molar-refractivity contribution in [3.63, 3.8) is 0 Å². The van der Waals surface area contributed by atoms with E-state index in [4.69, 9.17) is 9.26 Å². The van der Waals surface area contributed by atoms with E-state index in [2.05, 4.69) is 40.1 Å². The van der Waals surface area contributed by atoms with E-state index in [0.29, 0.717) is 6.73 Å². The standard InChI is InChI=1S/C28H32F3N5O3Si/c1-18-33-22-14-21(16-32-26(22)36(18)17-38-11-12-40(2,3)4)20-7-5-19(6-8-20)13-25(37)34-24-15-23(39-35-24)27(9-10-27)28(29,30)31/h5-8,14-16H,9-13,17H2,1-4H3,(H,34,35,37). The van der Waals surface area contributed by atoms with Gasteiger partial charge in [-0.15, -0.1) is 0 Å². The first-order valence-corrected chi connectivity index (χ1v) is 16.9. The van der Waals surface area contributed by atoms with Crippen LogP contribution in [0.15, 0.2) is 47.1 Å². The molecule has 0 atom stereocenters. The van der Waals surface area contributed by atoms with Crippen molar-refractivity contribution in [3.05, 3.63) is 59.7 Å². The second-order valence-corrected chi connectivity index (χ2v) is 17.2. The number of fused-ring (bicyclic) bond motifs is 1. The summed E-state index contributed by atoms with van der Waals surface area (Å²) in [5.41, 5.74) is 2.11. The van der Waals surface area contributed by atoms with Crippen LogP contribution in [0.2, 0.25) is 25.7 Å². The third kappa shape index (κ3) is 5.97. The van der Waals surface area contributed by atoms with Crippen molar-refractivity contribution in [1.29, 1.82) is 0 Å². The van der Waals surface area contributed by atoms with E-state index in [0.717, 1.165) is 52.4 Å². The van der Waals surface area contributed by atoms with Crippen molar-refractivity contribution in [3.8, 4) is 11.1 Å². The second kappa shape index (κ2) is 10.5. The number of aryl methyl sites for hydroxylation is 1. The highest BCUT2D eigenvalue weighted by molar-refractivity contribution is 6.76. The van der Waals surface area contributed by atoms with E-state index in [-0.39, 0.29) is 30.8 Å². The van der Waals surface area contributed by atoms with E-state index in [1.807, 2.05) is 41.8 Å². The number of halogens is 3. The van der Waals surface area contributed by atoms with E-state index < -0.39 is 25.6 Å². The summed E-state index contributed by atoms with van der Waals surface area (Å²) in [6.45, 7) is 10.0. The number of rotatable bonds is 10. The Kier molecular flexibility index (Phi) is 7.34. The molecule has 0 radical (unpaired) electrons. The third-order valence-electron chi connectivity index (χ3n) is 7.19. The number of ether oxygens (including phenoxy) is 1. The highest BCUT2D eigenvalue weighted by atomic mass is 28.3. The predicted octanol–water partition coefficient (Wildman–Crippen LogP) is 6.48. The Morgan fingerprint density at radius 3 is 2.52 bits per heavy atom. The number of alkyl halides is 3. The van der Waals surface area contributed by atoms with E-state index in [9.17, 15) is 18.0 Å². The SMILES string of the molecule is Cc1nc2cc(-c3ccc(CC(=O)Nc4cc(C5(C(F)(F)F)CC5)on4)cc3)cnc2n1COCC[Si](C)(C)C. The number of hydrogen-bond donors (Lipinski definition) is 1. The fourth-order valence-electron chi connectivity index (χ4n) is 4.51. The number of aromatic nitrogens is 4. The molecule has 12 heteroatoms. The molecular formula is C28H32F3N5O3Si. The monoisotopic (exact) mass is 571 g/mol. The number of anilines is 1. The summed E-state index contributed by atoms with van der Waals surface area (Å²) in [7, 11) is -1.16. The molecule has 1 aliphatic rings. The van der Waals surface area contributed by atoms with Crippen molar-refractivity contribution >= 4 is 31.0 Å². The summed E-state index contributed by atoms with van der Waals surface area (Å²) in [6.07, 6.45) is -2.66. The molecule has 40 heavy (non-hydrogen) atoms. The molecule has 1 N–H and O–H groups in total. The normalized spacial score (nSPS) is 15.0. The maximum atomic E-state index is 13.3. The van der Waals surface area contributed by atoms with Crippen molar-refractivity contribution in [2.45, 2.75) is 70.2 Å². The second-order valence-electron chi connectivity index (χ2n) is 11.6. The van der Waals surface area contributed by atoms with Gasteiger partial charge in [0.2, 0.25) is 5.91 Å². The number of amides is 1. The van der Waals surface area contributed by atoms with Crippen molar-refractivity contribution in [1.82, 2.24) is 19.7 Å². The lowest BCUT2D eigenvalue weighted by molar-refractivity contribution is -0.165. The lowest BCUT2D eigenvalue weighted by atomic mass is 10.0. The molecule has 4 aromatic rings. The smallest absolute Gasteiger partial charge is 0.361 e. The number of nitrogens with one attached hydrogen (secondary N) is 1. The molecule has 1 fully saturated rings. The highest BCUT2D eigenvalue weighted by Gasteiger charge is 2.66. The minimum atomic E-state index is -4.41.